The average molecular weight is 351 g/mol. The summed E-state index contributed by atoms with van der Waals surface area (Å²) in [6, 6.07) is 0. The molecule has 0 spiro atoms. The fraction of sp³-hybridized carbons (Fsp3) is 0.417. The summed E-state index contributed by atoms with van der Waals surface area (Å²) in [6.07, 6.45) is -1.03. The lowest BCUT2D eigenvalue weighted by Crippen LogP contribution is -2.74. The van der Waals surface area contributed by atoms with Crippen molar-refractivity contribution in [3.63, 3.8) is 0 Å². The third kappa shape index (κ3) is 6.16. The quantitative estimate of drug-likeness (QED) is 0.590. The van der Waals surface area contributed by atoms with Gasteiger partial charge in [-0.15, -0.1) is 5.06 Å². The Bertz CT molecular complexity index is 583. The Labute approximate surface area is 132 Å². The molecular formula is C12H12F3N3O6. The van der Waals surface area contributed by atoms with Gasteiger partial charge in [0.2, 0.25) is 0 Å². The molecule has 12 heteroatoms. The number of aliphatic imine (C=N–C) groups is 1. The number of carbonyl (C=O) groups is 4. The van der Waals surface area contributed by atoms with E-state index in [1.54, 1.807) is 17.9 Å². The number of imide groups is 1. The summed E-state index contributed by atoms with van der Waals surface area (Å²) in [5, 5.41) is 11.1. The van der Waals surface area contributed by atoms with Gasteiger partial charge in [-0.1, -0.05) is 0 Å². The van der Waals surface area contributed by atoms with E-state index in [9.17, 15) is 27.6 Å². The molecule has 0 atom stereocenters. The van der Waals surface area contributed by atoms with Crippen LogP contribution in [0.4, 0.5) is 13.2 Å². The lowest BCUT2D eigenvalue weighted by atomic mass is 10.2. The van der Waals surface area contributed by atoms with E-state index in [1.807, 2.05) is 0 Å². The molecule has 1 saturated heterocycles. The molecule has 2 heterocycles. The second-order valence-electron chi connectivity index (χ2n) is 4.46. The highest BCUT2D eigenvalue weighted by molar-refractivity contribution is 6.01. The van der Waals surface area contributed by atoms with Crippen LogP contribution in [-0.4, -0.2) is 41.3 Å². The molecule has 0 bridgehead atoms. The molecule has 2 aliphatic heterocycles. The SMILES string of the molecule is O=C(CCC1=C[NH2+]C=N1)ON1C(=O)CCC1=O.O=C([O-])C(F)(F)F. The topological polar surface area (TPSA) is 133 Å². The number of carbonyl (C=O) groups excluding carboxylic acids is 4. The number of aliphatic carboxylic acids is 1. The molecule has 0 radical (unpaired) electrons. The Morgan fingerprint density at radius 2 is 1.83 bits per heavy atom. The van der Waals surface area contributed by atoms with Crippen LogP contribution in [0.15, 0.2) is 16.9 Å². The third-order valence-electron chi connectivity index (χ3n) is 2.63. The Kier molecular flexibility index (Phi) is 6.58. The number of nitrogens with two attached hydrogens (primary N) is 1. The standard InChI is InChI=1S/C10H11N3O4.C2HF3O2/c14-8-2-3-9(15)13(8)17-10(16)4-1-7-5-11-6-12-7;3-2(4,5)1(6)7/h5-6H,1-4H2,(H,11,12);(H,6,7). The van der Waals surface area contributed by atoms with Crippen molar-refractivity contribution in [3.05, 3.63) is 11.9 Å². The number of allylic oxidation sites excluding steroid dienone is 1. The number of hydroxylamine groups is 2. The minimum Gasteiger partial charge on any atom is -0.542 e. The zero-order chi connectivity index (χ0) is 18.3. The van der Waals surface area contributed by atoms with Crippen LogP contribution in [0.25, 0.3) is 0 Å². The largest absolute Gasteiger partial charge is 0.542 e. The highest BCUT2D eigenvalue weighted by Gasteiger charge is 2.32. The van der Waals surface area contributed by atoms with Gasteiger partial charge in [0.25, 0.3) is 11.8 Å². The summed E-state index contributed by atoms with van der Waals surface area (Å²) in [4.78, 5) is 51.2. The molecule has 0 saturated carbocycles. The Balaban J connectivity index is 0.000000351. The van der Waals surface area contributed by atoms with Crippen molar-refractivity contribution in [1.82, 2.24) is 5.06 Å². The number of carboxylic acids is 1. The molecule has 2 amide bonds. The number of hydrogen-bond acceptors (Lipinski definition) is 7. The highest BCUT2D eigenvalue weighted by Crippen LogP contribution is 2.14. The first-order chi connectivity index (χ1) is 11.1. The molecule has 0 unspecified atom stereocenters. The van der Waals surface area contributed by atoms with Gasteiger partial charge >= 0.3 is 12.1 Å². The fourth-order valence-corrected chi connectivity index (χ4v) is 1.52. The van der Waals surface area contributed by atoms with Gasteiger partial charge in [-0.25, -0.2) is 9.79 Å². The van der Waals surface area contributed by atoms with Crippen molar-refractivity contribution in [2.75, 3.05) is 0 Å². The van der Waals surface area contributed by atoms with Crippen molar-refractivity contribution in [2.24, 2.45) is 4.99 Å². The first-order valence-corrected chi connectivity index (χ1v) is 6.52. The van der Waals surface area contributed by atoms with E-state index in [0.717, 1.165) is 5.70 Å². The van der Waals surface area contributed by atoms with Gasteiger partial charge in [0.15, 0.2) is 6.34 Å². The number of carboxylic acid groups (broad SMARTS) is 1. The van der Waals surface area contributed by atoms with Gasteiger partial charge in [0.05, 0.1) is 12.1 Å². The van der Waals surface area contributed by atoms with Crippen molar-refractivity contribution in [1.29, 1.82) is 0 Å². The predicted octanol–water partition coefficient (Wildman–Crippen LogP) is -1.88. The van der Waals surface area contributed by atoms with Crippen LogP contribution in [0.5, 0.6) is 0 Å². The Hall–Kier alpha value is -2.76. The van der Waals surface area contributed by atoms with Crippen LogP contribution in [0.2, 0.25) is 0 Å². The number of halogens is 3. The van der Waals surface area contributed by atoms with Crippen molar-refractivity contribution >= 4 is 30.1 Å². The number of nitrogens with zero attached hydrogens (tertiary/aromatic N) is 2. The van der Waals surface area contributed by atoms with Crippen molar-refractivity contribution in [2.45, 2.75) is 31.9 Å². The van der Waals surface area contributed by atoms with Crippen molar-refractivity contribution < 1.29 is 47.6 Å². The van der Waals surface area contributed by atoms with Gasteiger partial charge in [0.1, 0.15) is 12.2 Å². The number of quaternary nitrogens is 1. The summed E-state index contributed by atoms with van der Waals surface area (Å²) in [7, 11) is 0. The summed E-state index contributed by atoms with van der Waals surface area (Å²) < 4.78 is 31.5. The van der Waals surface area contributed by atoms with Crippen molar-refractivity contribution in [3.8, 4) is 0 Å². The smallest absolute Gasteiger partial charge is 0.430 e. The van der Waals surface area contributed by atoms with E-state index < -0.39 is 29.9 Å². The van der Waals surface area contributed by atoms with E-state index >= 15 is 0 Å². The van der Waals surface area contributed by atoms with Crippen LogP contribution in [0, 0.1) is 0 Å². The summed E-state index contributed by atoms with van der Waals surface area (Å²) in [6.45, 7) is 0. The number of amides is 2. The minimum absolute atomic E-state index is 0.0913. The molecule has 0 aromatic carbocycles. The molecule has 2 N–H and O–H groups in total. The van der Waals surface area contributed by atoms with Gasteiger partial charge in [-0.2, -0.15) is 13.2 Å². The van der Waals surface area contributed by atoms with Crippen LogP contribution in [0.3, 0.4) is 0 Å². The van der Waals surface area contributed by atoms with Gasteiger partial charge < -0.3 is 14.7 Å². The van der Waals surface area contributed by atoms with Crippen LogP contribution in [-0.2, 0) is 24.0 Å². The average Bonchev–Trinajstić information content (AvgIpc) is 3.10. The fourth-order valence-electron chi connectivity index (χ4n) is 1.52. The molecule has 0 aliphatic carbocycles. The molecule has 1 fully saturated rings. The Morgan fingerprint density at radius 1 is 1.29 bits per heavy atom. The number of hydrogen-bond donors (Lipinski definition) is 1. The minimum atomic E-state index is -5.19. The maximum atomic E-state index is 11.4. The first-order valence-electron chi connectivity index (χ1n) is 6.52. The van der Waals surface area contributed by atoms with Gasteiger partial charge in [0, 0.05) is 19.3 Å². The first kappa shape index (κ1) is 19.3. The third-order valence-corrected chi connectivity index (χ3v) is 2.63. The van der Waals surface area contributed by atoms with E-state index in [-0.39, 0.29) is 19.3 Å². The molecule has 2 rings (SSSR count). The highest BCUT2D eigenvalue weighted by atomic mass is 19.4. The van der Waals surface area contributed by atoms with Gasteiger partial charge in [-0.05, 0) is 0 Å². The summed E-state index contributed by atoms with van der Waals surface area (Å²) in [5.41, 5.74) is 0.779. The summed E-state index contributed by atoms with van der Waals surface area (Å²) in [5.74, 6) is -4.53. The molecule has 132 valence electrons. The van der Waals surface area contributed by atoms with E-state index in [0.29, 0.717) is 11.5 Å². The molecule has 0 aromatic rings. The molecule has 24 heavy (non-hydrogen) atoms. The zero-order valence-electron chi connectivity index (χ0n) is 12.0. The predicted molar refractivity (Wildman–Crippen MR) is 66.0 cm³/mol. The van der Waals surface area contributed by atoms with Crippen LogP contribution >= 0.6 is 0 Å². The maximum Gasteiger partial charge on any atom is 0.430 e. The monoisotopic (exact) mass is 351 g/mol. The summed E-state index contributed by atoms with van der Waals surface area (Å²) >= 11 is 0. The second-order valence-corrected chi connectivity index (χ2v) is 4.46. The van der Waals surface area contributed by atoms with E-state index in [2.05, 4.69) is 4.99 Å². The number of alkyl halides is 3. The molecule has 0 aromatic heterocycles. The van der Waals surface area contributed by atoms with E-state index in [4.69, 9.17) is 14.7 Å². The van der Waals surface area contributed by atoms with Gasteiger partial charge in [-0.3, -0.25) is 14.9 Å². The zero-order valence-corrected chi connectivity index (χ0v) is 12.0. The van der Waals surface area contributed by atoms with E-state index in [1.165, 1.54) is 0 Å². The number of rotatable bonds is 4. The molecular weight excluding hydrogens is 339 g/mol. The Morgan fingerprint density at radius 3 is 2.25 bits per heavy atom. The lowest BCUT2D eigenvalue weighted by Gasteiger charge is -2.11. The van der Waals surface area contributed by atoms with Crippen LogP contribution in [0.1, 0.15) is 25.7 Å². The lowest BCUT2D eigenvalue weighted by molar-refractivity contribution is -0.447. The molecule has 9 nitrogen and oxygen atoms in total. The maximum absolute atomic E-state index is 11.4. The normalized spacial score (nSPS) is 16.6. The second kappa shape index (κ2) is 8.19. The molecule has 2 aliphatic rings. The van der Waals surface area contributed by atoms with Crippen LogP contribution < -0.4 is 10.4 Å².